The molecule has 0 bridgehead atoms. The van der Waals surface area contributed by atoms with Crippen LogP contribution in [-0.2, 0) is 19.9 Å². The fourth-order valence-electron chi connectivity index (χ4n) is 2.22. The van der Waals surface area contributed by atoms with Gasteiger partial charge in [-0.3, -0.25) is 0 Å². The van der Waals surface area contributed by atoms with Crippen LogP contribution in [-0.4, -0.2) is 40.9 Å². The van der Waals surface area contributed by atoms with Crippen LogP contribution in [0.3, 0.4) is 0 Å². The molecule has 0 aromatic heterocycles. The van der Waals surface area contributed by atoms with Crippen molar-refractivity contribution >= 4 is 25.5 Å². The lowest BCUT2D eigenvalue weighted by Gasteiger charge is -2.16. The molecule has 0 radical (unpaired) electrons. The topological polar surface area (TPSA) is 92.3 Å². The summed E-state index contributed by atoms with van der Waals surface area (Å²) in [6.07, 6.45) is 0.498. The zero-order valence-corrected chi connectivity index (χ0v) is 12.8. The van der Waals surface area contributed by atoms with E-state index in [9.17, 15) is 16.8 Å². The van der Waals surface area contributed by atoms with Crippen LogP contribution in [0, 0.1) is 0 Å². The molecule has 0 saturated carbocycles. The zero-order chi connectivity index (χ0) is 14.8. The number of sulfonamides is 1. The van der Waals surface area contributed by atoms with Crippen molar-refractivity contribution in [2.24, 2.45) is 0 Å². The summed E-state index contributed by atoms with van der Waals surface area (Å²) in [5.41, 5.74) is 0.440. The molecule has 1 heterocycles. The summed E-state index contributed by atoms with van der Waals surface area (Å²) in [6.45, 7) is 2.01. The van der Waals surface area contributed by atoms with Crippen LogP contribution < -0.4 is 10.0 Å². The number of hydrogen-bond acceptors (Lipinski definition) is 5. The van der Waals surface area contributed by atoms with Gasteiger partial charge < -0.3 is 5.32 Å². The number of hydrogen-bond donors (Lipinski definition) is 2. The summed E-state index contributed by atoms with van der Waals surface area (Å²) in [4.78, 5) is 0.145. The van der Waals surface area contributed by atoms with Gasteiger partial charge in [-0.15, -0.1) is 0 Å². The number of sulfone groups is 1. The molecular formula is C12H18N2O4S2. The minimum Gasteiger partial charge on any atom is -0.380 e. The normalized spacial score (nSPS) is 21.8. The minimum atomic E-state index is -3.57. The summed E-state index contributed by atoms with van der Waals surface area (Å²) in [5, 5.41) is 3.03. The van der Waals surface area contributed by atoms with Crippen LogP contribution in [0.5, 0.6) is 0 Å². The van der Waals surface area contributed by atoms with Crippen molar-refractivity contribution in [2.45, 2.75) is 24.3 Å². The molecule has 0 aliphatic carbocycles. The quantitative estimate of drug-likeness (QED) is 0.828. The monoisotopic (exact) mass is 318 g/mol. The molecule has 1 fully saturated rings. The number of nitrogens with one attached hydrogen (secondary N) is 2. The summed E-state index contributed by atoms with van der Waals surface area (Å²) in [6, 6.07) is 6.27. The van der Waals surface area contributed by atoms with E-state index < -0.39 is 19.9 Å². The first-order valence-corrected chi connectivity index (χ1v) is 9.70. The Morgan fingerprint density at radius 2 is 2.00 bits per heavy atom. The van der Waals surface area contributed by atoms with Crippen molar-refractivity contribution in [3.8, 4) is 0 Å². The molecule has 112 valence electrons. The third kappa shape index (κ3) is 3.50. The average Bonchev–Trinajstić information content (AvgIpc) is 2.69. The van der Waals surface area contributed by atoms with E-state index in [0.29, 0.717) is 18.7 Å². The molecule has 6 nitrogen and oxygen atoms in total. The molecule has 1 atom stereocenters. The van der Waals surface area contributed by atoms with Gasteiger partial charge in [-0.05, 0) is 18.6 Å². The number of rotatable bonds is 5. The highest BCUT2D eigenvalue weighted by Crippen LogP contribution is 2.24. The Labute approximate surface area is 119 Å². The van der Waals surface area contributed by atoms with Gasteiger partial charge in [0.25, 0.3) is 0 Å². The molecule has 1 aromatic carbocycles. The van der Waals surface area contributed by atoms with Crippen molar-refractivity contribution in [1.82, 2.24) is 4.72 Å². The van der Waals surface area contributed by atoms with Gasteiger partial charge in [0.2, 0.25) is 10.0 Å². The maximum atomic E-state index is 12.1. The van der Waals surface area contributed by atoms with Gasteiger partial charge in [0.15, 0.2) is 9.84 Å². The molecule has 1 aliphatic rings. The Morgan fingerprint density at radius 1 is 1.30 bits per heavy atom. The maximum Gasteiger partial charge on any atom is 0.242 e. The lowest BCUT2D eigenvalue weighted by Crippen LogP contribution is -2.26. The second-order valence-electron chi connectivity index (χ2n) is 4.74. The van der Waals surface area contributed by atoms with Gasteiger partial charge in [0, 0.05) is 12.6 Å². The van der Waals surface area contributed by atoms with Crippen molar-refractivity contribution < 1.29 is 16.8 Å². The van der Waals surface area contributed by atoms with Gasteiger partial charge in [-0.2, -0.15) is 0 Å². The number of para-hydroxylation sites is 1. The first-order chi connectivity index (χ1) is 9.34. The maximum absolute atomic E-state index is 12.1. The summed E-state index contributed by atoms with van der Waals surface area (Å²) in [5.74, 6) is 0.190. The van der Waals surface area contributed by atoms with E-state index in [4.69, 9.17) is 0 Å². The van der Waals surface area contributed by atoms with Gasteiger partial charge in [0.05, 0.1) is 17.2 Å². The van der Waals surface area contributed by atoms with E-state index in [1.807, 2.05) is 0 Å². The third-order valence-electron chi connectivity index (χ3n) is 3.10. The van der Waals surface area contributed by atoms with Crippen LogP contribution in [0.4, 0.5) is 5.69 Å². The molecule has 20 heavy (non-hydrogen) atoms. The van der Waals surface area contributed by atoms with Gasteiger partial charge >= 0.3 is 0 Å². The van der Waals surface area contributed by atoms with Crippen LogP contribution >= 0.6 is 0 Å². The van der Waals surface area contributed by atoms with Crippen LogP contribution in [0.2, 0.25) is 0 Å². The smallest absolute Gasteiger partial charge is 0.242 e. The highest BCUT2D eigenvalue weighted by Gasteiger charge is 2.29. The van der Waals surface area contributed by atoms with Gasteiger partial charge in [-0.25, -0.2) is 21.6 Å². The lowest BCUT2D eigenvalue weighted by molar-refractivity contribution is 0.584. The van der Waals surface area contributed by atoms with Crippen molar-refractivity contribution in [1.29, 1.82) is 0 Å². The van der Waals surface area contributed by atoms with Crippen molar-refractivity contribution in [2.75, 3.05) is 23.4 Å². The third-order valence-corrected chi connectivity index (χ3v) is 6.47. The zero-order valence-electron chi connectivity index (χ0n) is 11.2. The van der Waals surface area contributed by atoms with E-state index in [2.05, 4.69) is 10.0 Å². The Kier molecular flexibility index (Phi) is 4.36. The minimum absolute atomic E-state index is 0.0442. The SMILES string of the molecule is CCNS(=O)(=O)c1ccccc1NC1CCS(=O)(=O)C1. The summed E-state index contributed by atoms with van der Waals surface area (Å²) < 4.78 is 49.5. The first-order valence-electron chi connectivity index (χ1n) is 6.40. The molecular weight excluding hydrogens is 300 g/mol. The molecule has 2 rings (SSSR count). The Balaban J connectivity index is 2.25. The molecule has 0 amide bonds. The van der Waals surface area contributed by atoms with Crippen molar-refractivity contribution in [3.05, 3.63) is 24.3 Å². The van der Waals surface area contributed by atoms with Crippen LogP contribution in [0.1, 0.15) is 13.3 Å². The fourth-order valence-corrected chi connectivity index (χ4v) is 5.10. The van der Waals surface area contributed by atoms with E-state index in [1.165, 1.54) is 6.07 Å². The molecule has 1 aromatic rings. The average molecular weight is 318 g/mol. The van der Waals surface area contributed by atoms with E-state index in [0.717, 1.165) is 0 Å². The van der Waals surface area contributed by atoms with E-state index >= 15 is 0 Å². The fraction of sp³-hybridized carbons (Fsp3) is 0.500. The standard InChI is InChI=1S/C12H18N2O4S2/c1-2-13-20(17,18)12-6-4-3-5-11(12)14-10-7-8-19(15,16)9-10/h3-6,10,13-14H,2,7-9H2,1H3. The summed E-state index contributed by atoms with van der Waals surface area (Å²) in [7, 11) is -6.58. The molecule has 1 saturated heterocycles. The predicted molar refractivity (Wildman–Crippen MR) is 78.0 cm³/mol. The van der Waals surface area contributed by atoms with E-state index in [1.54, 1.807) is 25.1 Å². The van der Waals surface area contributed by atoms with Crippen molar-refractivity contribution in [3.63, 3.8) is 0 Å². The van der Waals surface area contributed by atoms with Crippen LogP contribution in [0.25, 0.3) is 0 Å². The molecule has 1 aliphatic heterocycles. The number of benzene rings is 1. The Morgan fingerprint density at radius 3 is 2.60 bits per heavy atom. The number of anilines is 1. The van der Waals surface area contributed by atoms with Gasteiger partial charge in [0.1, 0.15) is 4.90 Å². The second-order valence-corrected chi connectivity index (χ2v) is 8.71. The molecule has 8 heteroatoms. The predicted octanol–water partition coefficient (Wildman–Crippen LogP) is 0.584. The molecule has 1 unspecified atom stereocenters. The Hall–Kier alpha value is -1.12. The summed E-state index contributed by atoms with van der Waals surface area (Å²) >= 11 is 0. The highest BCUT2D eigenvalue weighted by atomic mass is 32.2. The van der Waals surface area contributed by atoms with E-state index in [-0.39, 0.29) is 22.4 Å². The largest absolute Gasteiger partial charge is 0.380 e. The molecule has 2 N–H and O–H groups in total. The lowest BCUT2D eigenvalue weighted by atomic mass is 10.2. The second kappa shape index (κ2) is 5.71. The Bertz CT molecular complexity index is 683. The molecule has 0 spiro atoms. The highest BCUT2D eigenvalue weighted by molar-refractivity contribution is 7.91. The van der Waals surface area contributed by atoms with Gasteiger partial charge in [-0.1, -0.05) is 19.1 Å². The first kappa shape index (κ1) is 15.3. The van der Waals surface area contributed by atoms with Crippen LogP contribution in [0.15, 0.2) is 29.2 Å².